The van der Waals surface area contributed by atoms with E-state index in [1.54, 1.807) is 33.5 Å². The number of aliphatic carboxylic acids is 1. The second-order valence-electron chi connectivity index (χ2n) is 9.13. The molecular weight excluding hydrogens is 496 g/mol. The fraction of sp³-hybridized carbons (Fsp3) is 0.355. The van der Waals surface area contributed by atoms with E-state index < -0.39 is 11.4 Å². The van der Waals surface area contributed by atoms with Gasteiger partial charge in [0.15, 0.2) is 11.5 Å². The van der Waals surface area contributed by atoms with Crippen LogP contribution in [0.25, 0.3) is 12.2 Å². The molecule has 0 unspecified atom stereocenters. The third-order valence-electron chi connectivity index (χ3n) is 6.93. The summed E-state index contributed by atoms with van der Waals surface area (Å²) in [7, 11) is 4.68. The Morgan fingerprint density at radius 1 is 0.949 bits per heavy atom. The molecule has 208 valence electrons. The highest BCUT2D eigenvalue weighted by Gasteiger charge is 2.34. The maximum atomic E-state index is 11.7. The Hall–Kier alpha value is -4.20. The average Bonchev–Trinajstić information content (AvgIpc) is 2.97. The quantitative estimate of drug-likeness (QED) is 0.226. The summed E-state index contributed by atoms with van der Waals surface area (Å²) in [6.07, 6.45) is 5.75. The summed E-state index contributed by atoms with van der Waals surface area (Å²) in [5.74, 6) is 1.40. The molecule has 0 amide bonds. The minimum absolute atomic E-state index is 0.271. The van der Waals surface area contributed by atoms with Crippen molar-refractivity contribution < 1.29 is 28.8 Å². The number of anilines is 1. The van der Waals surface area contributed by atoms with E-state index in [-0.39, 0.29) is 6.61 Å². The van der Waals surface area contributed by atoms with Gasteiger partial charge in [0.1, 0.15) is 12.4 Å². The Balaban J connectivity index is 1.63. The van der Waals surface area contributed by atoms with Crippen molar-refractivity contribution in [2.45, 2.75) is 39.7 Å². The monoisotopic (exact) mass is 534 g/mol. The van der Waals surface area contributed by atoms with Crippen molar-refractivity contribution in [1.82, 2.24) is 4.98 Å². The van der Waals surface area contributed by atoms with Gasteiger partial charge in [-0.15, -0.1) is 0 Å². The molecule has 0 saturated carbocycles. The van der Waals surface area contributed by atoms with Gasteiger partial charge in [-0.25, -0.2) is 4.98 Å². The number of hydrogen-bond acceptors (Lipinski definition) is 7. The number of ether oxygens (including phenoxy) is 4. The predicted molar refractivity (Wildman–Crippen MR) is 154 cm³/mol. The maximum Gasteiger partial charge on any atom is 0.309 e. The van der Waals surface area contributed by atoms with Gasteiger partial charge >= 0.3 is 5.97 Å². The molecule has 3 rings (SSSR count). The zero-order valence-electron chi connectivity index (χ0n) is 23.3. The summed E-state index contributed by atoms with van der Waals surface area (Å²) < 4.78 is 22.1. The van der Waals surface area contributed by atoms with E-state index in [0.29, 0.717) is 48.8 Å². The molecule has 0 bridgehead atoms. The molecule has 0 aliphatic rings. The molecule has 0 spiro atoms. The van der Waals surface area contributed by atoms with E-state index in [4.69, 9.17) is 18.9 Å². The van der Waals surface area contributed by atoms with Crippen molar-refractivity contribution >= 4 is 23.8 Å². The number of benzene rings is 2. The van der Waals surface area contributed by atoms with E-state index in [1.165, 1.54) is 0 Å². The number of nitrogens with zero attached hydrogens (tertiary/aromatic N) is 1. The number of nitrogens with one attached hydrogen (secondary N) is 1. The maximum absolute atomic E-state index is 11.7. The zero-order chi connectivity index (χ0) is 28.3. The smallest absolute Gasteiger partial charge is 0.309 e. The molecule has 0 radical (unpaired) electrons. The molecule has 8 heteroatoms. The molecule has 1 aromatic heterocycles. The molecular formula is C31H38N2O6. The molecule has 2 N–H and O–H groups in total. The van der Waals surface area contributed by atoms with Crippen LogP contribution in [0.2, 0.25) is 0 Å². The van der Waals surface area contributed by atoms with E-state index >= 15 is 0 Å². The van der Waals surface area contributed by atoms with Crippen molar-refractivity contribution in [3.05, 3.63) is 71.5 Å². The van der Waals surface area contributed by atoms with Crippen molar-refractivity contribution in [1.29, 1.82) is 0 Å². The Labute approximate surface area is 230 Å². The number of aromatic nitrogens is 1. The SMILES string of the molecule is CCC(CC)(CCNc1cccc(C=Cc2cccc(COc3cc(OC)c(OC)c(OC)c3)n2)c1)C(=O)O. The van der Waals surface area contributed by atoms with Gasteiger partial charge in [-0.1, -0.05) is 38.1 Å². The lowest BCUT2D eigenvalue weighted by Crippen LogP contribution is -2.31. The molecule has 0 atom stereocenters. The Bertz CT molecular complexity index is 1240. The number of carboxylic acid groups (broad SMARTS) is 1. The van der Waals surface area contributed by atoms with Crippen LogP contribution in [0.3, 0.4) is 0 Å². The lowest BCUT2D eigenvalue weighted by molar-refractivity contribution is -0.149. The summed E-state index contributed by atoms with van der Waals surface area (Å²) in [6.45, 7) is 4.74. The lowest BCUT2D eigenvalue weighted by Gasteiger charge is -2.26. The number of carboxylic acids is 1. The van der Waals surface area contributed by atoms with Gasteiger partial charge < -0.3 is 29.4 Å². The van der Waals surface area contributed by atoms with Crippen molar-refractivity contribution in [3.63, 3.8) is 0 Å². The molecule has 0 aliphatic heterocycles. The van der Waals surface area contributed by atoms with Gasteiger partial charge in [-0.3, -0.25) is 4.79 Å². The van der Waals surface area contributed by atoms with E-state index in [2.05, 4.69) is 10.3 Å². The lowest BCUT2D eigenvalue weighted by atomic mass is 9.79. The minimum atomic E-state index is -0.727. The molecule has 0 aliphatic carbocycles. The van der Waals surface area contributed by atoms with Crippen LogP contribution in [0, 0.1) is 5.41 Å². The molecule has 3 aromatic rings. The Kier molecular flexibility index (Phi) is 10.6. The summed E-state index contributed by atoms with van der Waals surface area (Å²) >= 11 is 0. The number of methoxy groups -OCH3 is 3. The first-order valence-corrected chi connectivity index (χ1v) is 13.0. The van der Waals surface area contributed by atoms with Gasteiger partial charge in [0, 0.05) is 24.4 Å². The van der Waals surface area contributed by atoms with Crippen LogP contribution in [0.15, 0.2) is 54.6 Å². The van der Waals surface area contributed by atoms with E-state index in [9.17, 15) is 9.90 Å². The fourth-order valence-electron chi connectivity index (χ4n) is 4.36. The largest absolute Gasteiger partial charge is 0.493 e. The molecule has 0 saturated heterocycles. The molecule has 39 heavy (non-hydrogen) atoms. The number of hydrogen-bond donors (Lipinski definition) is 2. The number of carbonyl (C=O) groups is 1. The van der Waals surface area contributed by atoms with Crippen molar-refractivity contribution in [3.8, 4) is 23.0 Å². The Morgan fingerprint density at radius 3 is 2.26 bits per heavy atom. The summed E-state index contributed by atoms with van der Waals surface area (Å²) in [4.78, 5) is 16.4. The summed E-state index contributed by atoms with van der Waals surface area (Å²) in [6, 6.07) is 17.3. The van der Waals surface area contributed by atoms with Gasteiger partial charge in [-0.2, -0.15) is 0 Å². The first-order valence-electron chi connectivity index (χ1n) is 13.0. The van der Waals surface area contributed by atoms with Gasteiger partial charge in [0.2, 0.25) is 5.75 Å². The summed E-state index contributed by atoms with van der Waals surface area (Å²) in [5, 5.41) is 13.0. The average molecular weight is 535 g/mol. The first kappa shape index (κ1) is 29.4. The van der Waals surface area contributed by atoms with Gasteiger partial charge in [0.25, 0.3) is 0 Å². The minimum Gasteiger partial charge on any atom is -0.493 e. The molecule has 2 aromatic carbocycles. The number of rotatable bonds is 15. The van der Waals surface area contributed by atoms with Crippen LogP contribution in [-0.4, -0.2) is 43.9 Å². The normalized spacial score (nSPS) is 11.3. The molecule has 0 fully saturated rings. The van der Waals surface area contributed by atoms with E-state index in [0.717, 1.165) is 22.6 Å². The second-order valence-corrected chi connectivity index (χ2v) is 9.13. The standard InChI is InChI=1S/C31H38N2O6/c1-6-31(7-2,30(34)35)16-17-32-24-12-8-10-22(18-24)14-15-23-11-9-13-25(33-23)21-39-26-19-27(36-3)29(38-5)28(20-26)37-4/h8-15,18-20,32H,6-7,16-17,21H2,1-5H3,(H,34,35). The zero-order valence-corrected chi connectivity index (χ0v) is 23.3. The second kappa shape index (κ2) is 14.1. The highest BCUT2D eigenvalue weighted by atomic mass is 16.5. The predicted octanol–water partition coefficient (Wildman–Crippen LogP) is 6.55. The van der Waals surface area contributed by atoms with Crippen LogP contribution in [0.1, 0.15) is 50.1 Å². The van der Waals surface area contributed by atoms with E-state index in [1.807, 2.05) is 68.5 Å². The van der Waals surface area contributed by atoms with Crippen LogP contribution in [0.5, 0.6) is 23.0 Å². The highest BCUT2D eigenvalue weighted by Crippen LogP contribution is 2.41. The topological polar surface area (TPSA) is 99.1 Å². The Morgan fingerprint density at radius 2 is 1.64 bits per heavy atom. The molecule has 8 nitrogen and oxygen atoms in total. The fourth-order valence-corrected chi connectivity index (χ4v) is 4.36. The van der Waals surface area contributed by atoms with Gasteiger partial charge in [0.05, 0.1) is 38.1 Å². The van der Waals surface area contributed by atoms with Crippen molar-refractivity contribution in [2.75, 3.05) is 33.2 Å². The third kappa shape index (κ3) is 7.66. The summed E-state index contributed by atoms with van der Waals surface area (Å²) in [5.41, 5.74) is 2.85. The molecule has 1 heterocycles. The third-order valence-corrected chi connectivity index (χ3v) is 6.93. The first-order chi connectivity index (χ1) is 18.9. The highest BCUT2D eigenvalue weighted by molar-refractivity contribution is 5.74. The van der Waals surface area contributed by atoms with Crippen molar-refractivity contribution in [2.24, 2.45) is 5.41 Å². The van der Waals surface area contributed by atoms with Crippen LogP contribution in [-0.2, 0) is 11.4 Å². The number of pyridine rings is 1. The van der Waals surface area contributed by atoms with Gasteiger partial charge in [-0.05, 0) is 55.2 Å². The van der Waals surface area contributed by atoms with Crippen LogP contribution >= 0.6 is 0 Å². The van der Waals surface area contributed by atoms with Crippen LogP contribution < -0.4 is 24.3 Å². The van der Waals surface area contributed by atoms with Crippen LogP contribution in [0.4, 0.5) is 5.69 Å².